The Morgan fingerprint density at radius 3 is 2.32 bits per heavy atom. The number of alkyl halides is 6. The van der Waals surface area contributed by atoms with Gasteiger partial charge in [-0.3, -0.25) is 4.68 Å². The molecule has 0 saturated heterocycles. The van der Waals surface area contributed by atoms with Crippen molar-refractivity contribution in [3.63, 3.8) is 0 Å². The van der Waals surface area contributed by atoms with Crippen molar-refractivity contribution in [2.24, 2.45) is 0 Å². The van der Waals surface area contributed by atoms with E-state index in [2.05, 4.69) is 15.2 Å². The zero-order chi connectivity index (χ0) is 21.3. The number of ether oxygens (including phenoxy) is 1. The normalized spacial score (nSPS) is 13.5. The molecule has 11 heteroatoms. The summed E-state index contributed by atoms with van der Waals surface area (Å²) in [5, 5.41) is 6.53. The van der Waals surface area contributed by atoms with Gasteiger partial charge in [-0.15, -0.1) is 13.2 Å². The van der Waals surface area contributed by atoms with Crippen molar-refractivity contribution in [1.82, 2.24) is 9.78 Å². The molecule has 156 valence electrons. The molecule has 1 atom stereocenters. The van der Waals surface area contributed by atoms with Gasteiger partial charge in [0.05, 0.1) is 16.4 Å². The molecule has 0 fully saturated rings. The Kier molecular flexibility index (Phi) is 6.42. The highest BCUT2D eigenvalue weighted by Gasteiger charge is 2.37. The Bertz CT molecular complexity index is 832. The fraction of sp³-hybridized carbons (Fsp3) is 0.471. The van der Waals surface area contributed by atoms with Gasteiger partial charge in [0.25, 0.3) is 0 Å². The van der Waals surface area contributed by atoms with Crippen LogP contribution in [-0.4, -0.2) is 28.4 Å². The van der Waals surface area contributed by atoms with Crippen molar-refractivity contribution < 1.29 is 31.1 Å². The second kappa shape index (κ2) is 8.10. The minimum Gasteiger partial charge on any atom is -0.405 e. The first-order valence-corrected chi connectivity index (χ1v) is 8.73. The minimum absolute atomic E-state index is 0.0263. The molecule has 4 nitrogen and oxygen atoms in total. The van der Waals surface area contributed by atoms with Crippen molar-refractivity contribution in [3.05, 3.63) is 28.9 Å². The zero-order valence-corrected chi connectivity index (χ0v) is 15.9. The third-order valence-corrected chi connectivity index (χ3v) is 4.33. The van der Waals surface area contributed by atoms with E-state index in [1.807, 2.05) is 0 Å². The van der Waals surface area contributed by atoms with Crippen LogP contribution in [0.4, 0.5) is 32.0 Å². The molecule has 1 aromatic carbocycles. The van der Waals surface area contributed by atoms with E-state index in [0.717, 1.165) is 13.0 Å². The molecule has 0 aliphatic heterocycles. The van der Waals surface area contributed by atoms with Crippen molar-refractivity contribution in [2.75, 3.05) is 5.32 Å². The maximum absolute atomic E-state index is 12.9. The molecule has 28 heavy (non-hydrogen) atoms. The number of rotatable bonds is 6. The van der Waals surface area contributed by atoms with Crippen LogP contribution in [0.15, 0.2) is 18.2 Å². The van der Waals surface area contributed by atoms with Crippen molar-refractivity contribution in [1.29, 1.82) is 0 Å². The molecule has 2 aromatic rings. The fourth-order valence-electron chi connectivity index (χ4n) is 2.55. The number of aromatic nitrogens is 2. The number of anilines is 1. The van der Waals surface area contributed by atoms with E-state index in [4.69, 9.17) is 11.6 Å². The van der Waals surface area contributed by atoms with Crippen LogP contribution in [-0.2, 0) is 13.0 Å². The highest BCUT2D eigenvalue weighted by Crippen LogP contribution is 2.40. The lowest BCUT2D eigenvalue weighted by molar-refractivity contribution is -0.274. The van der Waals surface area contributed by atoms with Crippen LogP contribution in [0.25, 0.3) is 11.3 Å². The van der Waals surface area contributed by atoms with Crippen LogP contribution in [0.5, 0.6) is 5.75 Å². The molecule has 0 bridgehead atoms. The molecular formula is C17H18ClF6N3O. The number of aryl methyl sites for hydroxylation is 2. The second-order valence-electron chi connectivity index (χ2n) is 5.94. The van der Waals surface area contributed by atoms with Gasteiger partial charge in [0.2, 0.25) is 0 Å². The first kappa shape index (κ1) is 22.2. The first-order chi connectivity index (χ1) is 12.9. The Labute approximate surface area is 162 Å². The number of hydrogen-bond acceptors (Lipinski definition) is 3. The summed E-state index contributed by atoms with van der Waals surface area (Å²) in [6, 6.07) is 1.35. The maximum Gasteiger partial charge on any atom is 0.573 e. The minimum atomic E-state index is -5.04. The average Bonchev–Trinajstić information content (AvgIpc) is 2.88. The summed E-state index contributed by atoms with van der Waals surface area (Å²) in [5.74, 6) is -0.675. The molecule has 0 spiro atoms. The number of halogens is 7. The molecule has 0 unspecified atom stereocenters. The van der Waals surface area contributed by atoms with E-state index in [0.29, 0.717) is 18.7 Å². The summed E-state index contributed by atoms with van der Waals surface area (Å²) >= 11 is 6.29. The van der Waals surface area contributed by atoms with Crippen molar-refractivity contribution in [2.45, 2.75) is 52.3 Å². The van der Waals surface area contributed by atoms with Crippen molar-refractivity contribution >= 4 is 17.3 Å². The number of hydrogen-bond donors (Lipinski definition) is 1. The number of nitrogens with zero attached hydrogens (tertiary/aromatic N) is 2. The lowest BCUT2D eigenvalue weighted by Gasteiger charge is -2.20. The van der Waals surface area contributed by atoms with Gasteiger partial charge in [0.1, 0.15) is 11.8 Å². The fourth-order valence-corrected chi connectivity index (χ4v) is 2.92. The number of benzene rings is 1. The predicted octanol–water partition coefficient (Wildman–Crippen LogP) is 6.05. The van der Waals surface area contributed by atoms with Gasteiger partial charge < -0.3 is 10.1 Å². The summed E-state index contributed by atoms with van der Waals surface area (Å²) < 4.78 is 82.4. The molecule has 0 amide bonds. The van der Waals surface area contributed by atoms with Crippen LogP contribution in [0.3, 0.4) is 0 Å². The Morgan fingerprint density at radius 2 is 1.82 bits per heavy atom. The van der Waals surface area contributed by atoms with E-state index in [1.165, 1.54) is 16.8 Å². The summed E-state index contributed by atoms with van der Waals surface area (Å²) in [4.78, 5) is 0. The maximum atomic E-state index is 12.9. The highest BCUT2D eigenvalue weighted by atomic mass is 35.5. The lowest BCUT2D eigenvalue weighted by Crippen LogP contribution is -2.33. The third-order valence-electron chi connectivity index (χ3n) is 3.93. The molecule has 1 N–H and O–H groups in total. The standard InChI is InChI=1S/C17H18ClF6N3O/c1-4-12-14(18)15(27(5-2)26-12)11-7-6-10(25-9(3)16(19,20)21)8-13(11)28-17(22,23)24/h6-9,25H,4-5H2,1-3H3/t9-/m1/s1. The first-order valence-electron chi connectivity index (χ1n) is 8.36. The van der Waals surface area contributed by atoms with Gasteiger partial charge in [-0.1, -0.05) is 18.5 Å². The molecular weight excluding hydrogens is 412 g/mol. The van der Waals surface area contributed by atoms with Gasteiger partial charge in [-0.05, 0) is 32.4 Å². The van der Waals surface area contributed by atoms with Crippen LogP contribution >= 0.6 is 11.6 Å². The van der Waals surface area contributed by atoms with Gasteiger partial charge in [0, 0.05) is 23.9 Å². The Balaban J connectivity index is 2.57. The lowest BCUT2D eigenvalue weighted by atomic mass is 10.1. The third kappa shape index (κ3) is 5.03. The quantitative estimate of drug-likeness (QED) is 0.568. The molecule has 0 radical (unpaired) electrons. The summed E-state index contributed by atoms with van der Waals surface area (Å²) in [6.07, 6.45) is -9.15. The van der Waals surface area contributed by atoms with E-state index in [1.54, 1.807) is 13.8 Å². The van der Waals surface area contributed by atoms with Gasteiger partial charge in [-0.25, -0.2) is 0 Å². The van der Waals surface area contributed by atoms with Crippen LogP contribution in [0, 0.1) is 0 Å². The van der Waals surface area contributed by atoms with E-state index >= 15 is 0 Å². The van der Waals surface area contributed by atoms with Crippen LogP contribution < -0.4 is 10.1 Å². The second-order valence-corrected chi connectivity index (χ2v) is 6.32. The van der Waals surface area contributed by atoms with E-state index in [9.17, 15) is 26.3 Å². The summed E-state index contributed by atoms with van der Waals surface area (Å²) in [6.45, 7) is 4.70. The SMILES string of the molecule is CCc1nn(CC)c(-c2ccc(N[C@H](C)C(F)(F)F)cc2OC(F)(F)F)c1Cl. The van der Waals surface area contributed by atoms with Gasteiger partial charge >= 0.3 is 12.5 Å². The van der Waals surface area contributed by atoms with Crippen molar-refractivity contribution in [3.8, 4) is 17.0 Å². The molecule has 1 aromatic heterocycles. The Morgan fingerprint density at radius 1 is 1.18 bits per heavy atom. The monoisotopic (exact) mass is 429 g/mol. The molecule has 0 aliphatic carbocycles. The van der Waals surface area contributed by atoms with E-state index < -0.39 is 24.3 Å². The molecule has 1 heterocycles. The molecule has 0 aliphatic rings. The average molecular weight is 430 g/mol. The van der Waals surface area contributed by atoms with Crippen LogP contribution in [0.1, 0.15) is 26.5 Å². The highest BCUT2D eigenvalue weighted by molar-refractivity contribution is 6.33. The zero-order valence-electron chi connectivity index (χ0n) is 15.2. The van der Waals surface area contributed by atoms with Crippen LogP contribution in [0.2, 0.25) is 5.02 Å². The largest absolute Gasteiger partial charge is 0.573 e. The molecule has 2 rings (SSSR count). The smallest absolute Gasteiger partial charge is 0.405 e. The van der Waals surface area contributed by atoms with Gasteiger partial charge in [-0.2, -0.15) is 18.3 Å². The Hall–Kier alpha value is -2.10. The van der Waals surface area contributed by atoms with E-state index in [-0.39, 0.29) is 22.0 Å². The predicted molar refractivity (Wildman–Crippen MR) is 93.5 cm³/mol. The topological polar surface area (TPSA) is 39.1 Å². The number of nitrogens with one attached hydrogen (secondary N) is 1. The summed E-state index contributed by atoms with van der Waals surface area (Å²) in [5.41, 5.74) is 0.490. The molecule has 0 saturated carbocycles. The summed E-state index contributed by atoms with van der Waals surface area (Å²) in [7, 11) is 0. The van der Waals surface area contributed by atoms with Gasteiger partial charge in [0.15, 0.2) is 0 Å².